The second-order valence-electron chi connectivity index (χ2n) is 4.58. The summed E-state index contributed by atoms with van der Waals surface area (Å²) in [6.07, 6.45) is 7.12. The molecule has 2 heterocycles. The molecule has 4 heteroatoms. The minimum absolute atomic E-state index is 0.169. The lowest BCUT2D eigenvalue weighted by Crippen LogP contribution is -2.12. The molecule has 0 spiro atoms. The van der Waals surface area contributed by atoms with Gasteiger partial charge in [-0.05, 0) is 19.8 Å². The standard InChI is InChI=1S/C13H18N4/c1-9(2)13-10(3)16-8-17(13)11(4)12-7-14-5-6-15-12/h5-9,11H,1-4H3. The Labute approximate surface area is 102 Å². The van der Waals surface area contributed by atoms with E-state index in [0.29, 0.717) is 5.92 Å². The lowest BCUT2D eigenvalue weighted by atomic mass is 10.1. The Balaban J connectivity index is 2.41. The van der Waals surface area contributed by atoms with Crippen molar-refractivity contribution in [3.05, 3.63) is 42.0 Å². The van der Waals surface area contributed by atoms with E-state index in [1.807, 2.05) is 12.5 Å². The highest BCUT2D eigenvalue weighted by molar-refractivity contribution is 5.18. The number of aromatic nitrogens is 4. The van der Waals surface area contributed by atoms with Crippen LogP contribution in [0, 0.1) is 6.92 Å². The molecular weight excluding hydrogens is 212 g/mol. The molecule has 0 saturated heterocycles. The SMILES string of the molecule is Cc1ncn(C(C)c2cnccn2)c1C(C)C. The smallest absolute Gasteiger partial charge is 0.0957 e. The summed E-state index contributed by atoms with van der Waals surface area (Å²) in [5, 5.41) is 0. The third-order valence-electron chi connectivity index (χ3n) is 3.00. The van der Waals surface area contributed by atoms with Crippen LogP contribution >= 0.6 is 0 Å². The maximum absolute atomic E-state index is 4.40. The van der Waals surface area contributed by atoms with Gasteiger partial charge in [0.25, 0.3) is 0 Å². The maximum Gasteiger partial charge on any atom is 0.0957 e. The maximum atomic E-state index is 4.40. The summed E-state index contributed by atoms with van der Waals surface area (Å²) >= 11 is 0. The molecule has 1 unspecified atom stereocenters. The van der Waals surface area contributed by atoms with Gasteiger partial charge in [0.15, 0.2) is 0 Å². The minimum atomic E-state index is 0.169. The van der Waals surface area contributed by atoms with Crippen LogP contribution in [0.2, 0.25) is 0 Å². The van der Waals surface area contributed by atoms with E-state index in [2.05, 4.69) is 47.2 Å². The van der Waals surface area contributed by atoms with E-state index in [1.54, 1.807) is 12.4 Å². The van der Waals surface area contributed by atoms with Crippen molar-refractivity contribution in [3.8, 4) is 0 Å². The summed E-state index contributed by atoms with van der Waals surface area (Å²) in [4.78, 5) is 12.9. The predicted octanol–water partition coefficient (Wildman–Crippen LogP) is 2.71. The lowest BCUT2D eigenvalue weighted by molar-refractivity contribution is 0.572. The normalized spacial score (nSPS) is 13.0. The van der Waals surface area contributed by atoms with Gasteiger partial charge in [0, 0.05) is 18.1 Å². The fourth-order valence-electron chi connectivity index (χ4n) is 2.16. The molecule has 0 saturated carbocycles. The first-order valence-corrected chi connectivity index (χ1v) is 5.90. The van der Waals surface area contributed by atoms with Crippen molar-refractivity contribution in [2.24, 2.45) is 0 Å². The molecule has 0 fully saturated rings. The number of nitrogens with zero attached hydrogens (tertiary/aromatic N) is 4. The minimum Gasteiger partial charge on any atom is -0.325 e. The van der Waals surface area contributed by atoms with Gasteiger partial charge in [-0.1, -0.05) is 13.8 Å². The first-order chi connectivity index (χ1) is 8.11. The van der Waals surface area contributed by atoms with Crippen LogP contribution in [0.1, 0.15) is 49.8 Å². The fourth-order valence-corrected chi connectivity index (χ4v) is 2.16. The summed E-state index contributed by atoms with van der Waals surface area (Å²) in [7, 11) is 0. The van der Waals surface area contributed by atoms with Crippen molar-refractivity contribution in [1.82, 2.24) is 19.5 Å². The van der Waals surface area contributed by atoms with E-state index in [1.165, 1.54) is 5.69 Å². The Bertz CT molecular complexity index is 487. The molecule has 90 valence electrons. The van der Waals surface area contributed by atoms with Gasteiger partial charge in [-0.3, -0.25) is 9.97 Å². The fraction of sp³-hybridized carbons (Fsp3) is 0.462. The van der Waals surface area contributed by atoms with Gasteiger partial charge in [0.2, 0.25) is 0 Å². The predicted molar refractivity (Wildman–Crippen MR) is 66.9 cm³/mol. The van der Waals surface area contributed by atoms with Gasteiger partial charge in [-0.25, -0.2) is 4.98 Å². The highest BCUT2D eigenvalue weighted by Crippen LogP contribution is 2.24. The van der Waals surface area contributed by atoms with Crippen molar-refractivity contribution < 1.29 is 0 Å². The summed E-state index contributed by atoms with van der Waals surface area (Å²) in [6, 6.07) is 0.169. The topological polar surface area (TPSA) is 43.6 Å². The summed E-state index contributed by atoms with van der Waals surface area (Å²) in [6.45, 7) is 8.54. The van der Waals surface area contributed by atoms with Gasteiger partial charge < -0.3 is 4.57 Å². The molecule has 0 aliphatic heterocycles. The monoisotopic (exact) mass is 230 g/mol. The van der Waals surface area contributed by atoms with Gasteiger partial charge in [-0.15, -0.1) is 0 Å². The van der Waals surface area contributed by atoms with Gasteiger partial charge >= 0.3 is 0 Å². The molecule has 0 radical (unpaired) electrons. The third kappa shape index (κ3) is 2.20. The summed E-state index contributed by atoms with van der Waals surface area (Å²) in [5.41, 5.74) is 3.32. The van der Waals surface area contributed by atoms with Crippen LogP contribution in [-0.4, -0.2) is 19.5 Å². The molecule has 0 bridgehead atoms. The molecule has 0 amide bonds. The number of hydrogen-bond acceptors (Lipinski definition) is 3. The van der Waals surface area contributed by atoms with Gasteiger partial charge in [0.05, 0.1) is 30.0 Å². The molecule has 2 rings (SSSR count). The Kier molecular flexibility index (Phi) is 3.22. The largest absolute Gasteiger partial charge is 0.325 e. The summed E-state index contributed by atoms with van der Waals surface area (Å²) < 4.78 is 2.18. The summed E-state index contributed by atoms with van der Waals surface area (Å²) in [5.74, 6) is 0.455. The third-order valence-corrected chi connectivity index (χ3v) is 3.00. The van der Waals surface area contributed by atoms with Gasteiger partial charge in [0.1, 0.15) is 0 Å². The van der Waals surface area contributed by atoms with E-state index in [9.17, 15) is 0 Å². The molecule has 1 atom stereocenters. The highest BCUT2D eigenvalue weighted by atomic mass is 15.1. The Hall–Kier alpha value is -1.71. The van der Waals surface area contributed by atoms with Crippen LogP contribution in [0.5, 0.6) is 0 Å². The van der Waals surface area contributed by atoms with Crippen LogP contribution in [0.3, 0.4) is 0 Å². The lowest BCUT2D eigenvalue weighted by Gasteiger charge is -2.18. The highest BCUT2D eigenvalue weighted by Gasteiger charge is 2.17. The van der Waals surface area contributed by atoms with Crippen molar-refractivity contribution >= 4 is 0 Å². The van der Waals surface area contributed by atoms with Crippen molar-refractivity contribution in [1.29, 1.82) is 0 Å². The number of rotatable bonds is 3. The number of aryl methyl sites for hydroxylation is 1. The zero-order valence-electron chi connectivity index (χ0n) is 10.8. The Morgan fingerprint density at radius 2 is 1.88 bits per heavy atom. The van der Waals surface area contributed by atoms with Crippen molar-refractivity contribution in [3.63, 3.8) is 0 Å². The second kappa shape index (κ2) is 4.65. The van der Waals surface area contributed by atoms with E-state index in [-0.39, 0.29) is 6.04 Å². The zero-order valence-corrected chi connectivity index (χ0v) is 10.8. The Morgan fingerprint density at radius 1 is 1.12 bits per heavy atom. The second-order valence-corrected chi connectivity index (χ2v) is 4.58. The van der Waals surface area contributed by atoms with Crippen LogP contribution in [0.25, 0.3) is 0 Å². The van der Waals surface area contributed by atoms with Crippen LogP contribution in [0.4, 0.5) is 0 Å². The van der Waals surface area contributed by atoms with E-state index < -0.39 is 0 Å². The molecular formula is C13H18N4. The van der Waals surface area contributed by atoms with Crippen molar-refractivity contribution in [2.45, 2.75) is 39.7 Å². The first kappa shape index (κ1) is 11.8. The average molecular weight is 230 g/mol. The van der Waals surface area contributed by atoms with Crippen LogP contribution in [0.15, 0.2) is 24.9 Å². The number of imidazole rings is 1. The number of hydrogen-bond donors (Lipinski definition) is 0. The van der Waals surface area contributed by atoms with Crippen LogP contribution < -0.4 is 0 Å². The quantitative estimate of drug-likeness (QED) is 0.814. The molecule has 0 aliphatic rings. The first-order valence-electron chi connectivity index (χ1n) is 5.90. The molecule has 2 aromatic heterocycles. The molecule has 0 aliphatic carbocycles. The zero-order chi connectivity index (χ0) is 12.4. The van der Waals surface area contributed by atoms with Gasteiger partial charge in [-0.2, -0.15) is 0 Å². The molecule has 0 N–H and O–H groups in total. The van der Waals surface area contributed by atoms with E-state index >= 15 is 0 Å². The Morgan fingerprint density at radius 3 is 2.47 bits per heavy atom. The van der Waals surface area contributed by atoms with E-state index in [4.69, 9.17) is 0 Å². The molecule has 0 aromatic carbocycles. The van der Waals surface area contributed by atoms with Crippen LogP contribution in [-0.2, 0) is 0 Å². The average Bonchev–Trinajstić information content (AvgIpc) is 2.71. The van der Waals surface area contributed by atoms with Crippen molar-refractivity contribution in [2.75, 3.05) is 0 Å². The molecule has 17 heavy (non-hydrogen) atoms. The molecule has 2 aromatic rings. The molecule has 4 nitrogen and oxygen atoms in total. The van der Waals surface area contributed by atoms with E-state index in [0.717, 1.165) is 11.4 Å².